The Hall–Kier alpha value is -1.25. The summed E-state index contributed by atoms with van der Waals surface area (Å²) in [6, 6.07) is 3.17. The third kappa shape index (κ3) is 3.25. The number of para-hydroxylation sites is 1. The van der Waals surface area contributed by atoms with Gasteiger partial charge in [-0.1, -0.05) is 6.07 Å². The second-order valence-electron chi connectivity index (χ2n) is 4.81. The van der Waals surface area contributed by atoms with Gasteiger partial charge in [-0.15, -0.1) is 0 Å². The van der Waals surface area contributed by atoms with E-state index >= 15 is 0 Å². The minimum atomic E-state index is -3.98. The van der Waals surface area contributed by atoms with E-state index in [0.717, 1.165) is 18.6 Å². The number of nitrogens with two attached hydrogens (primary N) is 1. The fourth-order valence-electron chi connectivity index (χ4n) is 2.23. The number of piperidine rings is 1. The minimum Gasteiger partial charge on any atom is -0.330 e. The molecule has 112 valence electrons. The summed E-state index contributed by atoms with van der Waals surface area (Å²) in [7, 11) is -3.98. The van der Waals surface area contributed by atoms with Gasteiger partial charge in [0.1, 0.15) is 17.3 Å². The molecule has 0 aliphatic carbocycles. The van der Waals surface area contributed by atoms with Crippen molar-refractivity contribution in [1.29, 1.82) is 0 Å². The first-order valence-electron chi connectivity index (χ1n) is 6.36. The number of hydrogen-bond acceptors (Lipinski definition) is 3. The van der Waals surface area contributed by atoms with E-state index in [9.17, 15) is 17.2 Å². The smallest absolute Gasteiger partial charge is 0.301 e. The summed E-state index contributed by atoms with van der Waals surface area (Å²) in [6.45, 7) is 0.976. The van der Waals surface area contributed by atoms with Gasteiger partial charge < -0.3 is 5.73 Å². The van der Waals surface area contributed by atoms with E-state index < -0.39 is 27.5 Å². The van der Waals surface area contributed by atoms with E-state index in [0.29, 0.717) is 19.5 Å². The first-order chi connectivity index (χ1) is 9.44. The molecule has 3 N–H and O–H groups in total. The zero-order chi connectivity index (χ0) is 14.8. The predicted molar refractivity (Wildman–Crippen MR) is 72.3 cm³/mol. The quantitative estimate of drug-likeness (QED) is 0.880. The maximum atomic E-state index is 13.5. The van der Waals surface area contributed by atoms with Crippen LogP contribution in [0.5, 0.6) is 0 Å². The van der Waals surface area contributed by atoms with Crippen LogP contribution in [0.4, 0.5) is 14.5 Å². The highest BCUT2D eigenvalue weighted by Gasteiger charge is 2.29. The lowest BCUT2D eigenvalue weighted by molar-refractivity contribution is 0.272. The third-order valence-electron chi connectivity index (χ3n) is 3.35. The molecule has 2 rings (SSSR count). The number of nitrogens with one attached hydrogen (secondary N) is 1. The molecular weight excluding hydrogens is 288 g/mol. The Morgan fingerprint density at radius 1 is 1.35 bits per heavy atom. The Balaban J connectivity index is 2.19. The molecule has 0 spiro atoms. The molecule has 20 heavy (non-hydrogen) atoms. The van der Waals surface area contributed by atoms with Gasteiger partial charge in [-0.2, -0.15) is 12.7 Å². The third-order valence-corrected chi connectivity index (χ3v) is 4.82. The highest BCUT2D eigenvalue weighted by molar-refractivity contribution is 7.90. The van der Waals surface area contributed by atoms with Crippen molar-refractivity contribution in [3.05, 3.63) is 29.8 Å². The van der Waals surface area contributed by atoms with Crippen molar-refractivity contribution in [3.8, 4) is 0 Å². The van der Waals surface area contributed by atoms with Gasteiger partial charge in [0.2, 0.25) is 0 Å². The predicted octanol–water partition coefficient (Wildman–Crippen LogP) is 1.29. The van der Waals surface area contributed by atoms with Gasteiger partial charge in [-0.05, 0) is 37.4 Å². The summed E-state index contributed by atoms with van der Waals surface area (Å²) in [5, 5.41) is 0. The zero-order valence-corrected chi connectivity index (χ0v) is 11.7. The Morgan fingerprint density at radius 2 is 2.00 bits per heavy atom. The average molecular weight is 305 g/mol. The lowest BCUT2D eigenvalue weighted by atomic mass is 10.0. The highest BCUT2D eigenvalue weighted by Crippen LogP contribution is 2.23. The molecule has 1 saturated heterocycles. The van der Waals surface area contributed by atoms with Crippen molar-refractivity contribution in [3.63, 3.8) is 0 Å². The Bertz CT molecular complexity index is 560. The van der Waals surface area contributed by atoms with Crippen LogP contribution in [-0.4, -0.2) is 32.4 Å². The van der Waals surface area contributed by atoms with E-state index in [1.165, 1.54) is 10.4 Å². The molecule has 0 aromatic heterocycles. The molecule has 0 saturated carbocycles. The molecule has 1 aromatic carbocycles. The molecule has 0 radical (unpaired) electrons. The van der Waals surface area contributed by atoms with E-state index in [2.05, 4.69) is 0 Å². The monoisotopic (exact) mass is 305 g/mol. The summed E-state index contributed by atoms with van der Waals surface area (Å²) >= 11 is 0. The van der Waals surface area contributed by atoms with Gasteiger partial charge in [-0.25, -0.2) is 8.78 Å². The topological polar surface area (TPSA) is 75.4 Å². The van der Waals surface area contributed by atoms with Crippen LogP contribution in [0, 0.1) is 17.6 Å². The molecule has 0 bridgehead atoms. The molecule has 1 fully saturated rings. The van der Waals surface area contributed by atoms with Gasteiger partial charge in [-0.3, -0.25) is 4.72 Å². The van der Waals surface area contributed by atoms with Crippen LogP contribution in [0.2, 0.25) is 0 Å². The van der Waals surface area contributed by atoms with Gasteiger partial charge in [0.15, 0.2) is 0 Å². The SMILES string of the molecule is NCC1CCCN(S(=O)(=O)Nc2c(F)cccc2F)C1. The van der Waals surface area contributed by atoms with E-state index in [4.69, 9.17) is 5.73 Å². The standard InChI is InChI=1S/C12H17F2N3O2S/c13-10-4-1-5-11(14)12(10)16-20(18,19)17-6-2-3-9(7-15)8-17/h1,4-5,9,16H,2-3,6-8,15H2. The van der Waals surface area contributed by atoms with Gasteiger partial charge in [0.25, 0.3) is 0 Å². The number of rotatable bonds is 4. The van der Waals surface area contributed by atoms with Crippen LogP contribution in [0.25, 0.3) is 0 Å². The summed E-state index contributed by atoms with van der Waals surface area (Å²) < 4.78 is 54.5. The molecule has 1 aliphatic heterocycles. The molecule has 0 amide bonds. The lowest BCUT2D eigenvalue weighted by Crippen LogP contribution is -2.44. The van der Waals surface area contributed by atoms with Crippen LogP contribution in [-0.2, 0) is 10.2 Å². The molecule has 1 aliphatic rings. The fraction of sp³-hybridized carbons (Fsp3) is 0.500. The summed E-state index contributed by atoms with van der Waals surface area (Å²) in [5.41, 5.74) is 4.90. The van der Waals surface area contributed by atoms with Crippen molar-refractivity contribution in [1.82, 2.24) is 4.31 Å². The molecular formula is C12H17F2N3O2S. The molecule has 1 heterocycles. The molecule has 1 unspecified atom stereocenters. The van der Waals surface area contributed by atoms with Crippen molar-refractivity contribution in [2.75, 3.05) is 24.4 Å². The molecule has 8 heteroatoms. The first-order valence-corrected chi connectivity index (χ1v) is 7.80. The van der Waals surface area contributed by atoms with Crippen molar-refractivity contribution >= 4 is 15.9 Å². The van der Waals surface area contributed by atoms with Crippen molar-refractivity contribution in [2.24, 2.45) is 11.7 Å². The van der Waals surface area contributed by atoms with E-state index in [1.54, 1.807) is 0 Å². The number of halogens is 2. The summed E-state index contributed by atoms with van der Waals surface area (Å²) in [5.74, 6) is -1.81. The number of benzene rings is 1. The number of nitrogens with zero attached hydrogens (tertiary/aromatic N) is 1. The van der Waals surface area contributed by atoms with Crippen molar-refractivity contribution in [2.45, 2.75) is 12.8 Å². The second kappa shape index (κ2) is 6.02. The highest BCUT2D eigenvalue weighted by atomic mass is 32.2. The van der Waals surface area contributed by atoms with Crippen LogP contribution < -0.4 is 10.5 Å². The largest absolute Gasteiger partial charge is 0.330 e. The Labute approximate surface area is 116 Å². The Morgan fingerprint density at radius 3 is 2.60 bits per heavy atom. The van der Waals surface area contributed by atoms with Crippen LogP contribution in [0.1, 0.15) is 12.8 Å². The zero-order valence-electron chi connectivity index (χ0n) is 10.9. The number of hydrogen-bond donors (Lipinski definition) is 2. The van der Waals surface area contributed by atoms with Crippen LogP contribution in [0.15, 0.2) is 18.2 Å². The maximum Gasteiger partial charge on any atom is 0.301 e. The maximum absolute atomic E-state index is 13.5. The van der Waals surface area contributed by atoms with E-state index in [-0.39, 0.29) is 12.5 Å². The fourth-order valence-corrected chi connectivity index (χ4v) is 3.58. The van der Waals surface area contributed by atoms with Gasteiger partial charge >= 0.3 is 10.2 Å². The molecule has 5 nitrogen and oxygen atoms in total. The summed E-state index contributed by atoms with van der Waals surface area (Å²) in [6.07, 6.45) is 1.54. The van der Waals surface area contributed by atoms with Crippen molar-refractivity contribution < 1.29 is 17.2 Å². The van der Waals surface area contributed by atoms with Gasteiger partial charge in [0.05, 0.1) is 0 Å². The first kappa shape index (κ1) is 15.1. The summed E-state index contributed by atoms with van der Waals surface area (Å²) in [4.78, 5) is 0. The molecule has 1 atom stereocenters. The molecule has 1 aromatic rings. The normalized spacial score (nSPS) is 20.9. The minimum absolute atomic E-state index is 0.0748. The van der Waals surface area contributed by atoms with Gasteiger partial charge in [0, 0.05) is 13.1 Å². The second-order valence-corrected chi connectivity index (χ2v) is 6.48. The lowest BCUT2D eigenvalue weighted by Gasteiger charge is -2.31. The number of anilines is 1. The Kier molecular flexibility index (Phi) is 4.56. The van der Waals surface area contributed by atoms with E-state index in [1.807, 2.05) is 4.72 Å². The van der Waals surface area contributed by atoms with Crippen LogP contribution in [0.3, 0.4) is 0 Å². The average Bonchev–Trinajstić information content (AvgIpc) is 2.43. The van der Waals surface area contributed by atoms with Crippen LogP contribution >= 0.6 is 0 Å².